The maximum Gasteiger partial charge on any atom is 0.0105 e. The summed E-state index contributed by atoms with van der Waals surface area (Å²) in [7, 11) is 0. The van der Waals surface area contributed by atoms with Crippen LogP contribution < -0.4 is 5.32 Å². The van der Waals surface area contributed by atoms with E-state index in [1.54, 1.807) is 0 Å². The molecule has 0 bridgehead atoms. The van der Waals surface area contributed by atoms with Crippen LogP contribution in [0.4, 0.5) is 0 Å². The lowest BCUT2D eigenvalue weighted by Crippen LogP contribution is -2.31. The molecule has 1 N–H and O–H groups in total. The molecule has 1 heteroatoms. The minimum atomic E-state index is 0.253. The smallest absolute Gasteiger partial charge is 0.0105 e. The van der Waals surface area contributed by atoms with Gasteiger partial charge >= 0.3 is 0 Å². The summed E-state index contributed by atoms with van der Waals surface area (Å²) in [5.74, 6) is 0. The van der Waals surface area contributed by atoms with E-state index in [4.69, 9.17) is 0 Å². The molecule has 0 aliphatic carbocycles. The third-order valence-corrected chi connectivity index (χ3v) is 3.48. The van der Waals surface area contributed by atoms with Gasteiger partial charge in [0, 0.05) is 6.04 Å². The first-order valence-corrected chi connectivity index (χ1v) is 7.30. The van der Waals surface area contributed by atoms with Gasteiger partial charge in [-0.15, -0.1) is 0 Å². The van der Waals surface area contributed by atoms with Crippen molar-refractivity contribution in [3.63, 3.8) is 0 Å². The van der Waals surface area contributed by atoms with E-state index in [2.05, 4.69) is 64.2 Å². The average Bonchev–Trinajstić information content (AvgIpc) is 2.34. The summed E-state index contributed by atoms with van der Waals surface area (Å²) in [6.45, 7) is 12.4. The first-order valence-electron chi connectivity index (χ1n) is 7.30. The Hall–Kier alpha value is -0.820. The van der Waals surface area contributed by atoms with Gasteiger partial charge in [0.1, 0.15) is 0 Å². The van der Waals surface area contributed by atoms with Crippen LogP contribution in [0.5, 0.6) is 0 Å². The van der Waals surface area contributed by atoms with Gasteiger partial charge in [-0.3, -0.25) is 0 Å². The Kier molecular flexibility index (Phi) is 5.87. The fraction of sp³-hybridized carbons (Fsp3) is 0.647. The number of hydrogen-bond acceptors (Lipinski definition) is 1. The summed E-state index contributed by atoms with van der Waals surface area (Å²) >= 11 is 0. The van der Waals surface area contributed by atoms with Crippen LogP contribution in [0.15, 0.2) is 24.3 Å². The molecule has 1 aromatic rings. The highest BCUT2D eigenvalue weighted by molar-refractivity contribution is 5.27. The van der Waals surface area contributed by atoms with E-state index in [-0.39, 0.29) is 5.41 Å². The van der Waals surface area contributed by atoms with E-state index in [1.165, 1.54) is 24.0 Å². The van der Waals surface area contributed by atoms with Crippen LogP contribution in [0, 0.1) is 0 Å². The van der Waals surface area contributed by atoms with Crippen molar-refractivity contribution in [1.29, 1.82) is 0 Å². The third kappa shape index (κ3) is 4.81. The SMILES string of the molecule is CCCNC(CC)Cc1ccc(C(C)(C)C)cc1. The van der Waals surface area contributed by atoms with E-state index in [1.807, 2.05) is 0 Å². The number of hydrogen-bond donors (Lipinski definition) is 1. The number of rotatable bonds is 6. The fourth-order valence-electron chi connectivity index (χ4n) is 2.13. The summed E-state index contributed by atoms with van der Waals surface area (Å²) in [5, 5.41) is 3.61. The number of nitrogens with one attached hydrogen (secondary N) is 1. The van der Waals surface area contributed by atoms with Gasteiger partial charge in [-0.05, 0) is 42.3 Å². The van der Waals surface area contributed by atoms with Crippen LogP contribution in [0.25, 0.3) is 0 Å². The Morgan fingerprint density at radius 2 is 1.67 bits per heavy atom. The zero-order valence-electron chi connectivity index (χ0n) is 12.7. The second-order valence-electron chi connectivity index (χ2n) is 6.21. The molecule has 1 aromatic carbocycles. The Bertz CT molecular complexity index is 332. The highest BCUT2D eigenvalue weighted by Crippen LogP contribution is 2.22. The average molecular weight is 247 g/mol. The lowest BCUT2D eigenvalue weighted by molar-refractivity contribution is 0.494. The largest absolute Gasteiger partial charge is 0.314 e. The van der Waals surface area contributed by atoms with Gasteiger partial charge in [0.05, 0.1) is 0 Å². The molecule has 0 saturated heterocycles. The maximum atomic E-state index is 3.61. The summed E-state index contributed by atoms with van der Waals surface area (Å²) in [6, 6.07) is 9.75. The zero-order chi connectivity index (χ0) is 13.6. The molecular formula is C17H29N. The minimum absolute atomic E-state index is 0.253. The van der Waals surface area contributed by atoms with E-state index < -0.39 is 0 Å². The molecule has 0 fully saturated rings. The lowest BCUT2D eigenvalue weighted by atomic mass is 9.86. The van der Waals surface area contributed by atoms with E-state index in [9.17, 15) is 0 Å². The van der Waals surface area contributed by atoms with Crippen molar-refractivity contribution in [3.05, 3.63) is 35.4 Å². The molecule has 18 heavy (non-hydrogen) atoms. The second-order valence-corrected chi connectivity index (χ2v) is 6.21. The van der Waals surface area contributed by atoms with Gasteiger partial charge in [-0.1, -0.05) is 58.9 Å². The van der Waals surface area contributed by atoms with E-state index >= 15 is 0 Å². The molecule has 1 unspecified atom stereocenters. The van der Waals surface area contributed by atoms with E-state index in [0.29, 0.717) is 6.04 Å². The van der Waals surface area contributed by atoms with Crippen LogP contribution in [-0.2, 0) is 11.8 Å². The molecule has 1 nitrogen and oxygen atoms in total. The lowest BCUT2D eigenvalue weighted by Gasteiger charge is -2.20. The van der Waals surface area contributed by atoms with Crippen LogP contribution in [0.1, 0.15) is 58.6 Å². The van der Waals surface area contributed by atoms with Gasteiger partial charge in [-0.2, -0.15) is 0 Å². The summed E-state index contributed by atoms with van der Waals surface area (Å²) in [6.07, 6.45) is 3.54. The molecule has 0 aromatic heterocycles. The third-order valence-electron chi connectivity index (χ3n) is 3.48. The Balaban J connectivity index is 2.62. The molecular weight excluding hydrogens is 218 g/mol. The van der Waals surface area contributed by atoms with Gasteiger partial charge < -0.3 is 5.32 Å². The van der Waals surface area contributed by atoms with Crippen LogP contribution >= 0.6 is 0 Å². The highest BCUT2D eigenvalue weighted by Gasteiger charge is 2.13. The molecule has 0 heterocycles. The topological polar surface area (TPSA) is 12.0 Å². The molecule has 102 valence electrons. The fourth-order valence-corrected chi connectivity index (χ4v) is 2.13. The van der Waals surface area contributed by atoms with Crippen molar-refractivity contribution in [1.82, 2.24) is 5.32 Å². The Morgan fingerprint density at radius 3 is 2.11 bits per heavy atom. The predicted molar refractivity (Wildman–Crippen MR) is 81.2 cm³/mol. The van der Waals surface area contributed by atoms with E-state index in [0.717, 1.165) is 13.0 Å². The maximum absolute atomic E-state index is 3.61. The highest BCUT2D eigenvalue weighted by atomic mass is 14.9. The molecule has 0 saturated carbocycles. The van der Waals surface area contributed by atoms with Crippen molar-refractivity contribution >= 4 is 0 Å². The summed E-state index contributed by atoms with van der Waals surface area (Å²) in [4.78, 5) is 0. The molecule has 1 rings (SSSR count). The quantitative estimate of drug-likeness (QED) is 0.790. The van der Waals surface area contributed by atoms with Gasteiger partial charge in [0.2, 0.25) is 0 Å². The van der Waals surface area contributed by atoms with Crippen molar-refractivity contribution < 1.29 is 0 Å². The first kappa shape index (κ1) is 15.2. The van der Waals surface area contributed by atoms with Crippen molar-refractivity contribution in [3.8, 4) is 0 Å². The molecule has 0 aliphatic rings. The monoisotopic (exact) mass is 247 g/mol. The minimum Gasteiger partial charge on any atom is -0.314 e. The van der Waals surface area contributed by atoms with Crippen LogP contribution in [-0.4, -0.2) is 12.6 Å². The van der Waals surface area contributed by atoms with Crippen LogP contribution in [0.3, 0.4) is 0 Å². The zero-order valence-corrected chi connectivity index (χ0v) is 12.7. The van der Waals surface area contributed by atoms with Gasteiger partial charge in [-0.25, -0.2) is 0 Å². The normalized spacial score (nSPS) is 13.6. The summed E-state index contributed by atoms with van der Waals surface area (Å²) < 4.78 is 0. The molecule has 1 atom stereocenters. The van der Waals surface area contributed by atoms with Crippen molar-refractivity contribution in [2.45, 2.75) is 65.3 Å². The Labute approximate surface area is 113 Å². The predicted octanol–water partition coefficient (Wildman–Crippen LogP) is 4.30. The van der Waals surface area contributed by atoms with Crippen molar-refractivity contribution in [2.75, 3.05) is 6.54 Å². The van der Waals surface area contributed by atoms with Crippen LogP contribution in [0.2, 0.25) is 0 Å². The number of benzene rings is 1. The first-order chi connectivity index (χ1) is 8.47. The van der Waals surface area contributed by atoms with Gasteiger partial charge in [0.15, 0.2) is 0 Å². The molecule has 0 spiro atoms. The second kappa shape index (κ2) is 6.94. The molecule has 0 radical (unpaired) electrons. The standard InChI is InChI=1S/C17H29N/c1-6-12-18-16(7-2)13-14-8-10-15(11-9-14)17(3,4)5/h8-11,16,18H,6-7,12-13H2,1-5H3. The Morgan fingerprint density at radius 1 is 1.06 bits per heavy atom. The van der Waals surface area contributed by atoms with Crippen molar-refractivity contribution in [2.24, 2.45) is 0 Å². The molecule has 0 aliphatic heterocycles. The summed E-state index contributed by atoms with van der Waals surface area (Å²) in [5.41, 5.74) is 3.11. The molecule has 0 amide bonds. The van der Waals surface area contributed by atoms with Gasteiger partial charge in [0.25, 0.3) is 0 Å².